The van der Waals surface area contributed by atoms with E-state index < -0.39 is 0 Å². The monoisotopic (exact) mass is 314 g/mol. The van der Waals surface area contributed by atoms with E-state index in [1.165, 1.54) is 0 Å². The van der Waals surface area contributed by atoms with Gasteiger partial charge in [-0.2, -0.15) is 0 Å². The van der Waals surface area contributed by atoms with Crippen LogP contribution in [0.1, 0.15) is 0 Å². The van der Waals surface area contributed by atoms with Crippen LogP contribution in [0.2, 0.25) is 0 Å². The van der Waals surface area contributed by atoms with Crippen molar-refractivity contribution in [2.24, 2.45) is 0 Å². The maximum Gasteiger partial charge on any atom is 0.124 e. The number of thiazole rings is 1. The molecule has 0 spiro atoms. The van der Waals surface area contributed by atoms with Crippen molar-refractivity contribution in [3.8, 4) is 16.3 Å². The highest BCUT2D eigenvalue weighted by Gasteiger charge is 2.07. The van der Waals surface area contributed by atoms with Gasteiger partial charge in [-0.3, -0.25) is 0 Å². The molecule has 1 aromatic heterocycles. The van der Waals surface area contributed by atoms with Crippen LogP contribution in [0, 0.1) is 0 Å². The molecule has 0 atom stereocenters. The van der Waals surface area contributed by atoms with E-state index in [2.05, 4.69) is 29.6 Å². The minimum absolute atomic E-state index is 0.555. The van der Waals surface area contributed by atoms with Gasteiger partial charge in [-0.1, -0.05) is 0 Å². The number of nitrogens with zero attached hydrogens (tertiary/aromatic N) is 1. The first-order valence-electron chi connectivity index (χ1n) is 7.10. The van der Waals surface area contributed by atoms with E-state index in [-0.39, 0.29) is 0 Å². The van der Waals surface area contributed by atoms with Crippen LogP contribution in [0.25, 0.3) is 20.8 Å². The zero-order valence-electron chi connectivity index (χ0n) is 12.6. The van der Waals surface area contributed by atoms with Gasteiger partial charge in [0.25, 0.3) is 0 Å². The molecule has 0 aliphatic rings. The van der Waals surface area contributed by atoms with E-state index in [1.807, 2.05) is 25.2 Å². The smallest absolute Gasteiger partial charge is 0.124 e. The Bertz CT molecular complexity index is 753. The van der Waals surface area contributed by atoms with Crippen LogP contribution in [-0.4, -0.2) is 32.4 Å². The quantitative estimate of drug-likeness (QED) is 0.698. The first kappa shape index (κ1) is 14.8. The van der Waals surface area contributed by atoms with Gasteiger partial charge in [0.15, 0.2) is 0 Å². The SMILES string of the molecule is CNc1ccc(-c2nc3ccc(OCCOC)cc3s2)cc1. The van der Waals surface area contributed by atoms with Gasteiger partial charge >= 0.3 is 0 Å². The van der Waals surface area contributed by atoms with Gasteiger partial charge in [-0.05, 0) is 42.5 Å². The van der Waals surface area contributed by atoms with Gasteiger partial charge in [0.2, 0.25) is 0 Å². The molecule has 0 radical (unpaired) electrons. The molecule has 5 heteroatoms. The van der Waals surface area contributed by atoms with Crippen molar-refractivity contribution in [2.75, 3.05) is 32.7 Å². The van der Waals surface area contributed by atoms with Crippen molar-refractivity contribution in [1.82, 2.24) is 4.98 Å². The third-order valence-corrected chi connectivity index (χ3v) is 4.40. The lowest BCUT2D eigenvalue weighted by Gasteiger charge is -2.04. The predicted molar refractivity (Wildman–Crippen MR) is 92.0 cm³/mol. The van der Waals surface area contributed by atoms with E-state index in [0.717, 1.165) is 32.2 Å². The number of benzene rings is 2. The Hall–Kier alpha value is -2.11. The van der Waals surface area contributed by atoms with Gasteiger partial charge in [-0.25, -0.2) is 4.98 Å². The number of anilines is 1. The lowest BCUT2D eigenvalue weighted by molar-refractivity contribution is 0.146. The van der Waals surface area contributed by atoms with E-state index in [1.54, 1.807) is 18.4 Å². The van der Waals surface area contributed by atoms with Crippen molar-refractivity contribution in [2.45, 2.75) is 0 Å². The highest BCUT2D eigenvalue weighted by atomic mass is 32.1. The summed E-state index contributed by atoms with van der Waals surface area (Å²) in [6.45, 7) is 1.14. The zero-order chi connectivity index (χ0) is 15.4. The Labute approximate surface area is 133 Å². The first-order valence-corrected chi connectivity index (χ1v) is 7.92. The standard InChI is InChI=1S/C17H18N2O2S/c1-18-13-5-3-12(4-6-13)17-19-15-8-7-14(11-16(15)22-17)21-10-9-20-2/h3-8,11,18H,9-10H2,1-2H3. The van der Waals surface area contributed by atoms with Crippen molar-refractivity contribution < 1.29 is 9.47 Å². The minimum Gasteiger partial charge on any atom is -0.491 e. The van der Waals surface area contributed by atoms with E-state index >= 15 is 0 Å². The number of nitrogens with one attached hydrogen (secondary N) is 1. The maximum atomic E-state index is 5.65. The molecule has 0 fully saturated rings. The zero-order valence-corrected chi connectivity index (χ0v) is 13.4. The number of hydrogen-bond donors (Lipinski definition) is 1. The predicted octanol–water partition coefficient (Wildman–Crippen LogP) is 4.03. The molecule has 2 aromatic carbocycles. The van der Waals surface area contributed by atoms with Crippen LogP contribution in [0.4, 0.5) is 5.69 Å². The van der Waals surface area contributed by atoms with Gasteiger partial charge < -0.3 is 14.8 Å². The summed E-state index contributed by atoms with van der Waals surface area (Å²) in [6, 6.07) is 14.3. The molecular formula is C17H18N2O2S. The number of rotatable bonds is 6. The minimum atomic E-state index is 0.555. The Morgan fingerprint density at radius 1 is 1.09 bits per heavy atom. The second-order valence-corrected chi connectivity index (χ2v) is 5.85. The molecule has 0 saturated heterocycles. The second kappa shape index (κ2) is 6.77. The van der Waals surface area contributed by atoms with Gasteiger partial charge in [0, 0.05) is 25.4 Å². The fourth-order valence-electron chi connectivity index (χ4n) is 2.14. The number of ether oxygens (including phenoxy) is 2. The summed E-state index contributed by atoms with van der Waals surface area (Å²) in [4.78, 5) is 4.69. The molecule has 0 saturated carbocycles. The summed E-state index contributed by atoms with van der Waals surface area (Å²) in [7, 11) is 3.58. The van der Waals surface area contributed by atoms with Crippen LogP contribution in [0.15, 0.2) is 42.5 Å². The fraction of sp³-hybridized carbons (Fsp3) is 0.235. The molecule has 4 nitrogen and oxygen atoms in total. The van der Waals surface area contributed by atoms with E-state index in [4.69, 9.17) is 14.5 Å². The fourth-order valence-corrected chi connectivity index (χ4v) is 3.14. The summed E-state index contributed by atoms with van der Waals surface area (Å²) in [5, 5.41) is 4.14. The number of methoxy groups -OCH3 is 1. The number of fused-ring (bicyclic) bond motifs is 1. The Balaban J connectivity index is 1.85. The highest BCUT2D eigenvalue weighted by molar-refractivity contribution is 7.21. The number of aromatic nitrogens is 1. The Morgan fingerprint density at radius 3 is 2.64 bits per heavy atom. The van der Waals surface area contributed by atoms with E-state index in [0.29, 0.717) is 13.2 Å². The highest BCUT2D eigenvalue weighted by Crippen LogP contribution is 2.32. The van der Waals surface area contributed by atoms with Crippen molar-refractivity contribution in [3.05, 3.63) is 42.5 Å². The molecule has 1 N–H and O–H groups in total. The van der Waals surface area contributed by atoms with Crippen molar-refractivity contribution >= 4 is 27.2 Å². The van der Waals surface area contributed by atoms with Crippen LogP contribution >= 0.6 is 11.3 Å². The largest absolute Gasteiger partial charge is 0.491 e. The topological polar surface area (TPSA) is 43.4 Å². The molecule has 0 unspecified atom stereocenters. The third kappa shape index (κ3) is 3.21. The lowest BCUT2D eigenvalue weighted by atomic mass is 10.2. The summed E-state index contributed by atoms with van der Waals surface area (Å²) in [5.74, 6) is 0.852. The molecule has 3 aromatic rings. The molecule has 22 heavy (non-hydrogen) atoms. The van der Waals surface area contributed by atoms with Crippen molar-refractivity contribution in [1.29, 1.82) is 0 Å². The molecule has 0 amide bonds. The molecular weight excluding hydrogens is 296 g/mol. The van der Waals surface area contributed by atoms with Crippen LogP contribution in [0.3, 0.4) is 0 Å². The van der Waals surface area contributed by atoms with Gasteiger partial charge in [-0.15, -0.1) is 11.3 Å². The molecule has 3 rings (SSSR count). The lowest BCUT2D eigenvalue weighted by Crippen LogP contribution is -2.03. The number of hydrogen-bond acceptors (Lipinski definition) is 5. The normalized spacial score (nSPS) is 10.8. The maximum absolute atomic E-state index is 5.65. The third-order valence-electron chi connectivity index (χ3n) is 3.34. The van der Waals surface area contributed by atoms with Crippen LogP contribution in [0.5, 0.6) is 5.75 Å². The summed E-state index contributed by atoms with van der Waals surface area (Å²) >= 11 is 1.67. The molecule has 114 valence electrons. The molecule has 0 aliphatic heterocycles. The molecule has 1 heterocycles. The van der Waals surface area contributed by atoms with Gasteiger partial charge in [0.05, 0.1) is 16.8 Å². The summed E-state index contributed by atoms with van der Waals surface area (Å²) < 4.78 is 11.8. The Kier molecular flexibility index (Phi) is 4.56. The summed E-state index contributed by atoms with van der Waals surface area (Å²) in [5.41, 5.74) is 3.22. The molecule has 0 bridgehead atoms. The van der Waals surface area contributed by atoms with E-state index in [9.17, 15) is 0 Å². The van der Waals surface area contributed by atoms with Crippen LogP contribution < -0.4 is 10.1 Å². The average Bonchev–Trinajstić information content (AvgIpc) is 2.98. The first-order chi connectivity index (χ1) is 10.8. The van der Waals surface area contributed by atoms with Crippen LogP contribution in [-0.2, 0) is 4.74 Å². The molecule has 0 aliphatic carbocycles. The van der Waals surface area contributed by atoms with Crippen molar-refractivity contribution in [3.63, 3.8) is 0 Å². The Morgan fingerprint density at radius 2 is 1.91 bits per heavy atom. The summed E-state index contributed by atoms with van der Waals surface area (Å²) in [6.07, 6.45) is 0. The average molecular weight is 314 g/mol. The second-order valence-electron chi connectivity index (χ2n) is 4.82. The van der Waals surface area contributed by atoms with Gasteiger partial charge in [0.1, 0.15) is 17.4 Å².